The van der Waals surface area contributed by atoms with Gasteiger partial charge in [0.05, 0.1) is 0 Å². The van der Waals surface area contributed by atoms with Crippen molar-refractivity contribution in [1.29, 1.82) is 0 Å². The van der Waals surface area contributed by atoms with Crippen molar-refractivity contribution in [3.8, 4) is 0 Å². The number of carbonyl (C=O) groups excluding carboxylic acids is 1. The predicted molar refractivity (Wildman–Crippen MR) is 105 cm³/mol. The van der Waals surface area contributed by atoms with Crippen molar-refractivity contribution < 1.29 is 4.79 Å². The molecule has 3 rings (SSSR count). The Kier molecular flexibility index (Phi) is 7.73. The van der Waals surface area contributed by atoms with Crippen LogP contribution in [-0.4, -0.2) is 54.5 Å². The van der Waals surface area contributed by atoms with E-state index in [0.717, 1.165) is 51.9 Å². The Morgan fingerprint density at radius 3 is 2.52 bits per heavy atom. The molecule has 0 bridgehead atoms. The molecule has 1 aromatic carbocycles. The van der Waals surface area contributed by atoms with E-state index in [2.05, 4.69) is 52.4 Å². The van der Waals surface area contributed by atoms with E-state index in [-0.39, 0.29) is 18.3 Å². The number of amides is 1. The first-order valence-corrected chi connectivity index (χ1v) is 9.40. The second kappa shape index (κ2) is 9.56. The lowest BCUT2D eigenvalue weighted by molar-refractivity contribution is -0.138. The number of halogens is 1. The van der Waals surface area contributed by atoms with Crippen LogP contribution >= 0.6 is 12.4 Å². The van der Waals surface area contributed by atoms with Crippen LogP contribution in [0.1, 0.15) is 38.2 Å². The normalized spacial score (nSPS) is 25.2. The molecule has 2 atom stereocenters. The maximum atomic E-state index is 12.8. The largest absolute Gasteiger partial charge is 0.342 e. The Morgan fingerprint density at radius 1 is 1.20 bits per heavy atom. The third-order valence-corrected chi connectivity index (χ3v) is 5.80. The van der Waals surface area contributed by atoms with E-state index in [1.54, 1.807) is 0 Å². The van der Waals surface area contributed by atoms with Gasteiger partial charge in [-0.1, -0.05) is 30.3 Å². The average Bonchev–Trinajstić information content (AvgIpc) is 2.64. The van der Waals surface area contributed by atoms with Gasteiger partial charge in [-0.05, 0) is 51.3 Å². The van der Waals surface area contributed by atoms with Crippen LogP contribution in [0.3, 0.4) is 0 Å². The van der Waals surface area contributed by atoms with Gasteiger partial charge in [0, 0.05) is 38.1 Å². The van der Waals surface area contributed by atoms with Gasteiger partial charge in [0.15, 0.2) is 0 Å². The number of hydrogen-bond acceptors (Lipinski definition) is 3. The lowest BCUT2D eigenvalue weighted by Gasteiger charge is -2.42. The second-order valence-electron chi connectivity index (χ2n) is 7.46. The van der Waals surface area contributed by atoms with Crippen molar-refractivity contribution in [3.05, 3.63) is 35.9 Å². The number of nitrogens with zero attached hydrogens (tertiary/aromatic N) is 2. The molecule has 2 fully saturated rings. The highest BCUT2D eigenvalue weighted by molar-refractivity contribution is 5.85. The summed E-state index contributed by atoms with van der Waals surface area (Å²) in [6, 6.07) is 11.6. The van der Waals surface area contributed by atoms with Crippen LogP contribution in [0.4, 0.5) is 0 Å². The molecule has 4 nitrogen and oxygen atoms in total. The van der Waals surface area contributed by atoms with E-state index in [4.69, 9.17) is 0 Å². The molecular weight excluding hydrogens is 334 g/mol. The molecule has 0 saturated carbocycles. The fourth-order valence-electron chi connectivity index (χ4n) is 4.14. The minimum absolute atomic E-state index is 0. The van der Waals surface area contributed by atoms with Crippen molar-refractivity contribution in [1.82, 2.24) is 15.1 Å². The molecule has 1 aromatic rings. The second-order valence-corrected chi connectivity index (χ2v) is 7.46. The first-order chi connectivity index (χ1) is 11.6. The van der Waals surface area contributed by atoms with Gasteiger partial charge in [-0.3, -0.25) is 9.69 Å². The Morgan fingerprint density at radius 2 is 1.88 bits per heavy atom. The van der Waals surface area contributed by atoms with Gasteiger partial charge in [0.1, 0.15) is 0 Å². The van der Waals surface area contributed by atoms with E-state index < -0.39 is 0 Å². The van der Waals surface area contributed by atoms with Crippen LogP contribution in [0.5, 0.6) is 0 Å². The molecule has 25 heavy (non-hydrogen) atoms. The fraction of sp³-hybridized carbons (Fsp3) is 0.650. The van der Waals surface area contributed by atoms with E-state index in [0.29, 0.717) is 18.0 Å². The molecule has 2 saturated heterocycles. The van der Waals surface area contributed by atoms with Gasteiger partial charge >= 0.3 is 0 Å². The molecule has 0 radical (unpaired) electrons. The highest BCUT2D eigenvalue weighted by atomic mass is 35.5. The predicted octanol–water partition coefficient (Wildman–Crippen LogP) is 2.92. The van der Waals surface area contributed by atoms with Gasteiger partial charge in [0.2, 0.25) is 5.91 Å². The molecule has 140 valence electrons. The topological polar surface area (TPSA) is 35.6 Å². The molecule has 2 unspecified atom stereocenters. The monoisotopic (exact) mass is 365 g/mol. The minimum atomic E-state index is 0. The zero-order valence-electron chi connectivity index (χ0n) is 15.5. The highest BCUT2D eigenvalue weighted by Gasteiger charge is 2.32. The number of rotatable bonds is 4. The summed E-state index contributed by atoms with van der Waals surface area (Å²) in [4.78, 5) is 17.4. The smallest absolute Gasteiger partial charge is 0.225 e. The zero-order chi connectivity index (χ0) is 16.9. The Balaban J connectivity index is 0.00000225. The lowest BCUT2D eigenvalue weighted by atomic mass is 9.92. The van der Waals surface area contributed by atoms with Crippen molar-refractivity contribution >= 4 is 18.3 Å². The number of piperidine rings is 2. The third kappa shape index (κ3) is 5.19. The van der Waals surface area contributed by atoms with Gasteiger partial charge in [-0.2, -0.15) is 0 Å². The summed E-state index contributed by atoms with van der Waals surface area (Å²) in [6.45, 7) is 6.36. The zero-order valence-corrected chi connectivity index (χ0v) is 16.3. The molecular formula is C20H32ClN3O. The van der Waals surface area contributed by atoms with Gasteiger partial charge in [-0.15, -0.1) is 12.4 Å². The molecule has 5 heteroatoms. The molecule has 1 amide bonds. The average molecular weight is 366 g/mol. The van der Waals surface area contributed by atoms with Crippen LogP contribution in [0, 0.1) is 5.92 Å². The highest BCUT2D eigenvalue weighted by Crippen LogP contribution is 2.25. The number of carbonyl (C=O) groups is 1. The summed E-state index contributed by atoms with van der Waals surface area (Å²) >= 11 is 0. The van der Waals surface area contributed by atoms with E-state index in [1.165, 1.54) is 5.56 Å². The van der Waals surface area contributed by atoms with E-state index >= 15 is 0 Å². The summed E-state index contributed by atoms with van der Waals surface area (Å²) in [5.41, 5.74) is 1.38. The Labute approximate surface area is 158 Å². The van der Waals surface area contributed by atoms with E-state index in [9.17, 15) is 4.79 Å². The molecule has 2 aliphatic rings. The van der Waals surface area contributed by atoms with Crippen LogP contribution in [0.2, 0.25) is 0 Å². The van der Waals surface area contributed by atoms with Crippen LogP contribution in [-0.2, 0) is 11.3 Å². The first kappa shape index (κ1) is 20.2. The summed E-state index contributed by atoms with van der Waals surface area (Å²) in [7, 11) is 2.02. The first-order valence-electron chi connectivity index (χ1n) is 9.40. The van der Waals surface area contributed by atoms with Crippen LogP contribution < -0.4 is 5.32 Å². The Bertz CT molecular complexity index is 533. The molecule has 2 aliphatic heterocycles. The molecule has 0 aliphatic carbocycles. The van der Waals surface area contributed by atoms with Crippen molar-refractivity contribution in [2.24, 2.45) is 5.92 Å². The molecule has 0 spiro atoms. The summed E-state index contributed by atoms with van der Waals surface area (Å²) < 4.78 is 0. The quantitative estimate of drug-likeness (QED) is 0.891. The number of benzene rings is 1. The number of nitrogens with one attached hydrogen (secondary N) is 1. The standard InChI is InChI=1S/C20H31N3O.ClH/c1-16-14-19(22(2)20(24)18-8-11-21-12-9-18)10-13-23(16)15-17-6-4-3-5-7-17;/h3-7,16,18-19,21H,8-15H2,1-2H3;1H. The van der Waals surface area contributed by atoms with Crippen molar-refractivity contribution in [3.63, 3.8) is 0 Å². The molecule has 1 N–H and O–H groups in total. The third-order valence-electron chi connectivity index (χ3n) is 5.80. The summed E-state index contributed by atoms with van der Waals surface area (Å²) in [5, 5.41) is 3.35. The van der Waals surface area contributed by atoms with Crippen molar-refractivity contribution in [2.45, 2.75) is 51.2 Å². The van der Waals surface area contributed by atoms with Gasteiger partial charge < -0.3 is 10.2 Å². The van der Waals surface area contributed by atoms with Crippen LogP contribution in [0.25, 0.3) is 0 Å². The summed E-state index contributed by atoms with van der Waals surface area (Å²) in [6.07, 6.45) is 4.15. The molecule has 0 aromatic heterocycles. The number of hydrogen-bond donors (Lipinski definition) is 1. The van der Waals surface area contributed by atoms with E-state index in [1.807, 2.05) is 7.05 Å². The summed E-state index contributed by atoms with van der Waals surface area (Å²) in [5.74, 6) is 0.596. The Hall–Kier alpha value is -1.10. The van der Waals surface area contributed by atoms with Gasteiger partial charge in [0.25, 0.3) is 0 Å². The maximum Gasteiger partial charge on any atom is 0.225 e. The van der Waals surface area contributed by atoms with Gasteiger partial charge in [-0.25, -0.2) is 0 Å². The number of likely N-dealkylation sites (tertiary alicyclic amines) is 1. The maximum absolute atomic E-state index is 12.8. The SMILES string of the molecule is CC1CC(N(C)C(=O)C2CCNCC2)CCN1Cc1ccccc1.Cl. The minimum Gasteiger partial charge on any atom is -0.342 e. The lowest BCUT2D eigenvalue weighted by Crippen LogP contribution is -2.51. The van der Waals surface area contributed by atoms with Crippen molar-refractivity contribution in [2.75, 3.05) is 26.7 Å². The van der Waals surface area contributed by atoms with Crippen LogP contribution in [0.15, 0.2) is 30.3 Å². The fourth-order valence-corrected chi connectivity index (χ4v) is 4.14. The molecule has 2 heterocycles.